The van der Waals surface area contributed by atoms with Crippen LogP contribution >= 0.6 is 23.5 Å². The van der Waals surface area contributed by atoms with Crippen molar-refractivity contribution in [2.24, 2.45) is 11.3 Å². The van der Waals surface area contributed by atoms with E-state index in [4.69, 9.17) is 9.47 Å². The summed E-state index contributed by atoms with van der Waals surface area (Å²) in [4.78, 5) is 0. The number of hydrogen-bond donors (Lipinski definition) is 0. The maximum atomic E-state index is 5.35. The minimum Gasteiger partial charge on any atom is -0.382 e. The summed E-state index contributed by atoms with van der Waals surface area (Å²) in [5, 5.41) is 0. The van der Waals surface area contributed by atoms with Gasteiger partial charge >= 0.3 is 0 Å². The van der Waals surface area contributed by atoms with E-state index in [0.29, 0.717) is 29.8 Å². The van der Waals surface area contributed by atoms with Gasteiger partial charge in [0.05, 0.1) is 17.8 Å². The van der Waals surface area contributed by atoms with E-state index in [0.717, 1.165) is 11.5 Å². The number of thioether (sulfide) groups is 2. The molecule has 0 radical (unpaired) electrons. The molecule has 1 aromatic rings. The number of methoxy groups -OCH3 is 1. The van der Waals surface area contributed by atoms with Crippen molar-refractivity contribution >= 4 is 23.5 Å². The van der Waals surface area contributed by atoms with Crippen LogP contribution in [0.3, 0.4) is 0 Å². The van der Waals surface area contributed by atoms with E-state index in [1.165, 1.54) is 17.1 Å². The fourth-order valence-corrected chi connectivity index (χ4v) is 6.08. The molecule has 0 atom stereocenters. The van der Waals surface area contributed by atoms with Crippen molar-refractivity contribution in [1.82, 2.24) is 0 Å². The highest BCUT2D eigenvalue weighted by atomic mass is 32.2. The average molecular weight is 365 g/mol. The SMILES string of the molecule is COCCOCC#Cc1ccc([C@H]2SC[C@H](C(C)(C)C)CS2)cc1. The number of benzene rings is 1. The van der Waals surface area contributed by atoms with Crippen molar-refractivity contribution < 1.29 is 9.47 Å². The van der Waals surface area contributed by atoms with Gasteiger partial charge in [0.1, 0.15) is 6.61 Å². The van der Waals surface area contributed by atoms with Crippen molar-refractivity contribution in [3.8, 4) is 11.8 Å². The second kappa shape index (κ2) is 9.77. The van der Waals surface area contributed by atoms with Gasteiger partial charge in [0.2, 0.25) is 0 Å². The summed E-state index contributed by atoms with van der Waals surface area (Å²) in [5.41, 5.74) is 2.86. The first-order valence-corrected chi connectivity index (χ1v) is 10.5. The van der Waals surface area contributed by atoms with Gasteiger partial charge in [0, 0.05) is 12.7 Å². The topological polar surface area (TPSA) is 18.5 Å². The first-order chi connectivity index (χ1) is 11.5. The highest BCUT2D eigenvalue weighted by Gasteiger charge is 2.31. The summed E-state index contributed by atoms with van der Waals surface area (Å²) in [6, 6.07) is 8.68. The van der Waals surface area contributed by atoms with E-state index in [9.17, 15) is 0 Å². The molecule has 0 aromatic heterocycles. The lowest BCUT2D eigenvalue weighted by molar-refractivity contribution is 0.0877. The Morgan fingerprint density at radius 2 is 1.75 bits per heavy atom. The molecule has 24 heavy (non-hydrogen) atoms. The van der Waals surface area contributed by atoms with Gasteiger partial charge in [-0.05, 0) is 40.5 Å². The summed E-state index contributed by atoms with van der Waals surface area (Å²) in [6.07, 6.45) is 0. The molecule has 0 bridgehead atoms. The Labute approximate surface area is 155 Å². The zero-order chi connectivity index (χ0) is 17.4. The molecule has 2 rings (SSSR count). The van der Waals surface area contributed by atoms with Crippen LogP contribution in [0.1, 0.15) is 36.5 Å². The van der Waals surface area contributed by atoms with Gasteiger partial charge in [-0.25, -0.2) is 0 Å². The monoisotopic (exact) mass is 364 g/mol. The molecule has 132 valence electrons. The molecule has 4 heteroatoms. The predicted octanol–water partition coefficient (Wildman–Crippen LogP) is 4.84. The Hall–Kier alpha value is -0.600. The Morgan fingerprint density at radius 3 is 2.33 bits per heavy atom. The molecule has 0 N–H and O–H groups in total. The summed E-state index contributed by atoms with van der Waals surface area (Å²) in [5.74, 6) is 9.49. The van der Waals surface area contributed by atoms with E-state index in [2.05, 4.69) is 80.4 Å². The van der Waals surface area contributed by atoms with E-state index in [1.54, 1.807) is 7.11 Å². The summed E-state index contributed by atoms with van der Waals surface area (Å²) >= 11 is 4.16. The van der Waals surface area contributed by atoms with Crippen LogP contribution in [0.25, 0.3) is 0 Å². The second-order valence-corrected chi connectivity index (χ2v) is 9.61. The van der Waals surface area contributed by atoms with E-state index >= 15 is 0 Å². The summed E-state index contributed by atoms with van der Waals surface area (Å²) in [6.45, 7) is 8.72. The van der Waals surface area contributed by atoms with Crippen LogP contribution in [0.4, 0.5) is 0 Å². The molecule has 0 amide bonds. The predicted molar refractivity (Wildman–Crippen MR) is 107 cm³/mol. The first kappa shape index (κ1) is 19.7. The zero-order valence-electron chi connectivity index (χ0n) is 15.1. The molecule has 1 fully saturated rings. The van der Waals surface area contributed by atoms with Crippen LogP contribution in [0, 0.1) is 23.2 Å². The Balaban J connectivity index is 1.81. The van der Waals surface area contributed by atoms with Crippen LogP contribution in [-0.2, 0) is 9.47 Å². The maximum Gasteiger partial charge on any atom is 0.108 e. The molecule has 0 unspecified atom stereocenters. The second-order valence-electron chi connectivity index (χ2n) is 7.03. The maximum absolute atomic E-state index is 5.35. The van der Waals surface area contributed by atoms with Crippen molar-refractivity contribution in [1.29, 1.82) is 0 Å². The fourth-order valence-electron chi connectivity index (χ4n) is 2.32. The van der Waals surface area contributed by atoms with E-state index < -0.39 is 0 Å². The fraction of sp³-hybridized carbons (Fsp3) is 0.600. The molecular formula is C20H28O2S2. The van der Waals surface area contributed by atoms with Crippen LogP contribution in [-0.4, -0.2) is 38.4 Å². The molecule has 1 aromatic carbocycles. The molecule has 1 saturated heterocycles. The van der Waals surface area contributed by atoms with Crippen LogP contribution in [0.2, 0.25) is 0 Å². The van der Waals surface area contributed by atoms with Crippen LogP contribution in [0.5, 0.6) is 0 Å². The minimum absolute atomic E-state index is 0.412. The third kappa shape index (κ3) is 6.37. The van der Waals surface area contributed by atoms with Crippen molar-refractivity contribution in [3.63, 3.8) is 0 Å². The van der Waals surface area contributed by atoms with Gasteiger partial charge in [0.25, 0.3) is 0 Å². The Bertz CT molecular complexity index is 544. The normalized spacial score (nSPS) is 21.2. The van der Waals surface area contributed by atoms with Gasteiger partial charge in [-0.1, -0.05) is 44.7 Å². The van der Waals surface area contributed by atoms with Crippen molar-refractivity contribution in [3.05, 3.63) is 35.4 Å². The summed E-state index contributed by atoms with van der Waals surface area (Å²) < 4.78 is 10.8. The third-order valence-electron chi connectivity index (χ3n) is 4.14. The van der Waals surface area contributed by atoms with Gasteiger partial charge in [0.15, 0.2) is 0 Å². The molecule has 1 heterocycles. The molecule has 2 nitrogen and oxygen atoms in total. The lowest BCUT2D eigenvalue weighted by atomic mass is 9.83. The molecule has 0 aliphatic carbocycles. The van der Waals surface area contributed by atoms with Gasteiger partial charge in [-0.3, -0.25) is 0 Å². The van der Waals surface area contributed by atoms with Gasteiger partial charge in [-0.15, -0.1) is 23.5 Å². The Kier molecular flexibility index (Phi) is 8.03. The zero-order valence-corrected chi connectivity index (χ0v) is 16.8. The number of ether oxygens (including phenoxy) is 2. The van der Waals surface area contributed by atoms with Crippen LogP contribution < -0.4 is 0 Å². The third-order valence-corrected chi connectivity index (χ3v) is 7.30. The number of rotatable bonds is 5. The molecule has 1 aliphatic rings. The highest BCUT2D eigenvalue weighted by molar-refractivity contribution is 8.16. The van der Waals surface area contributed by atoms with Gasteiger partial charge < -0.3 is 9.47 Å². The summed E-state index contributed by atoms with van der Waals surface area (Å²) in [7, 11) is 1.67. The quantitative estimate of drug-likeness (QED) is 0.549. The van der Waals surface area contributed by atoms with E-state index in [-0.39, 0.29) is 0 Å². The average Bonchev–Trinajstić information content (AvgIpc) is 2.58. The number of hydrogen-bond acceptors (Lipinski definition) is 4. The molecular weight excluding hydrogens is 336 g/mol. The van der Waals surface area contributed by atoms with Crippen molar-refractivity contribution in [2.75, 3.05) is 38.4 Å². The van der Waals surface area contributed by atoms with E-state index in [1.807, 2.05) is 0 Å². The van der Waals surface area contributed by atoms with Crippen molar-refractivity contribution in [2.45, 2.75) is 25.4 Å². The minimum atomic E-state index is 0.412. The molecule has 0 spiro atoms. The standard InChI is InChI=1S/C20H28O2S2/c1-20(2,3)18-14-23-19(24-15-18)17-9-7-16(8-10-17)6-5-11-22-13-12-21-4/h7-10,18-19H,11-15H2,1-4H3/t18-,19-. The highest BCUT2D eigenvalue weighted by Crippen LogP contribution is 2.49. The lowest BCUT2D eigenvalue weighted by Gasteiger charge is -2.36. The van der Waals surface area contributed by atoms with Gasteiger partial charge in [-0.2, -0.15) is 0 Å². The van der Waals surface area contributed by atoms with Crippen LogP contribution in [0.15, 0.2) is 24.3 Å². The first-order valence-electron chi connectivity index (χ1n) is 8.39. The molecule has 1 aliphatic heterocycles. The molecule has 0 saturated carbocycles. The Morgan fingerprint density at radius 1 is 1.08 bits per heavy atom. The smallest absolute Gasteiger partial charge is 0.108 e. The largest absolute Gasteiger partial charge is 0.382 e. The lowest BCUT2D eigenvalue weighted by Crippen LogP contribution is -2.27.